The summed E-state index contributed by atoms with van der Waals surface area (Å²) in [5, 5.41) is 1.54. The molecule has 1 nitrogen and oxygen atoms in total. The lowest BCUT2D eigenvalue weighted by atomic mass is 10.5. The van der Waals surface area contributed by atoms with Gasteiger partial charge in [0.25, 0.3) is 0 Å². The highest BCUT2D eigenvalue weighted by atomic mass is 35.5. The van der Waals surface area contributed by atoms with Gasteiger partial charge in [0, 0.05) is 6.20 Å². The van der Waals surface area contributed by atoms with Gasteiger partial charge in [-0.25, -0.2) is 4.98 Å². The Bertz CT molecular complexity index is 314. The fourth-order valence-electron chi connectivity index (χ4n) is 0.654. The molecule has 1 aromatic heterocycles. The third-order valence-electron chi connectivity index (χ3n) is 1.18. The maximum Gasteiger partial charge on any atom is 0.116 e. The van der Waals surface area contributed by atoms with E-state index in [1.54, 1.807) is 18.0 Å². The van der Waals surface area contributed by atoms with E-state index in [1.165, 1.54) is 0 Å². The van der Waals surface area contributed by atoms with Crippen molar-refractivity contribution in [2.24, 2.45) is 0 Å². The molecular formula is C9H8ClNS. The number of pyridine rings is 1. The molecule has 12 heavy (non-hydrogen) atoms. The monoisotopic (exact) mass is 197 g/mol. The largest absolute Gasteiger partial charge is 0.248 e. The average molecular weight is 198 g/mol. The zero-order valence-corrected chi connectivity index (χ0v) is 8.25. The third kappa shape index (κ3) is 2.77. The van der Waals surface area contributed by atoms with E-state index in [1.807, 2.05) is 19.1 Å². The third-order valence-corrected chi connectivity index (χ3v) is 2.49. The maximum absolute atomic E-state index is 5.87. The summed E-state index contributed by atoms with van der Waals surface area (Å²) in [4.78, 5) is 4.11. The molecule has 0 saturated carbocycles. The molecule has 0 aliphatic heterocycles. The fourth-order valence-corrected chi connectivity index (χ4v) is 1.63. The van der Waals surface area contributed by atoms with Gasteiger partial charge in [-0.1, -0.05) is 29.3 Å². The number of hydrogen-bond donors (Lipinski definition) is 0. The Balaban J connectivity index is 2.61. The van der Waals surface area contributed by atoms with Crippen LogP contribution in [-0.2, 0) is 0 Å². The minimum Gasteiger partial charge on any atom is -0.248 e. The minimum atomic E-state index is 0.695. The van der Waals surface area contributed by atoms with Crippen LogP contribution < -0.4 is 0 Å². The summed E-state index contributed by atoms with van der Waals surface area (Å²) in [7, 11) is 0. The summed E-state index contributed by atoms with van der Waals surface area (Å²) < 4.78 is 0. The van der Waals surface area contributed by atoms with Gasteiger partial charge in [0.15, 0.2) is 0 Å². The van der Waals surface area contributed by atoms with Crippen LogP contribution in [-0.4, -0.2) is 10.7 Å². The van der Waals surface area contributed by atoms with Crippen LogP contribution in [0.4, 0.5) is 0 Å². The zero-order valence-electron chi connectivity index (χ0n) is 6.67. The number of thioether (sulfide) groups is 1. The van der Waals surface area contributed by atoms with E-state index in [4.69, 9.17) is 11.6 Å². The first-order chi connectivity index (χ1) is 5.84. The lowest BCUT2D eigenvalue weighted by Crippen LogP contribution is -1.80. The molecule has 1 heterocycles. The molecule has 0 radical (unpaired) electrons. The van der Waals surface area contributed by atoms with Crippen molar-refractivity contribution in [3.05, 3.63) is 23.4 Å². The van der Waals surface area contributed by atoms with Gasteiger partial charge in [0.05, 0.1) is 10.8 Å². The second-order valence-electron chi connectivity index (χ2n) is 2.01. The van der Waals surface area contributed by atoms with Crippen LogP contribution in [0.5, 0.6) is 0 Å². The van der Waals surface area contributed by atoms with Gasteiger partial charge in [-0.15, -0.1) is 5.92 Å². The van der Waals surface area contributed by atoms with Crippen LogP contribution in [0.15, 0.2) is 23.4 Å². The minimum absolute atomic E-state index is 0.695. The van der Waals surface area contributed by atoms with E-state index < -0.39 is 0 Å². The van der Waals surface area contributed by atoms with Gasteiger partial charge in [0.2, 0.25) is 0 Å². The zero-order chi connectivity index (χ0) is 8.81. The second-order valence-corrected chi connectivity index (χ2v) is 3.38. The van der Waals surface area contributed by atoms with Gasteiger partial charge < -0.3 is 0 Å². The summed E-state index contributed by atoms with van der Waals surface area (Å²) in [5.41, 5.74) is 0. The van der Waals surface area contributed by atoms with Crippen molar-refractivity contribution in [2.45, 2.75) is 11.9 Å². The van der Waals surface area contributed by atoms with Crippen molar-refractivity contribution in [1.29, 1.82) is 0 Å². The van der Waals surface area contributed by atoms with E-state index in [2.05, 4.69) is 16.8 Å². The smallest absolute Gasteiger partial charge is 0.116 e. The van der Waals surface area contributed by atoms with E-state index in [-0.39, 0.29) is 0 Å². The summed E-state index contributed by atoms with van der Waals surface area (Å²) in [6, 6.07) is 3.65. The molecule has 0 unspecified atom stereocenters. The van der Waals surface area contributed by atoms with Crippen molar-refractivity contribution in [2.75, 3.05) is 5.75 Å². The highest BCUT2D eigenvalue weighted by Gasteiger charge is 1.98. The second kappa shape index (κ2) is 5.08. The van der Waals surface area contributed by atoms with Crippen LogP contribution in [0.2, 0.25) is 5.02 Å². The summed E-state index contributed by atoms with van der Waals surface area (Å²) in [6.07, 6.45) is 1.73. The average Bonchev–Trinajstić information content (AvgIpc) is 2.09. The Kier molecular flexibility index (Phi) is 3.99. The topological polar surface area (TPSA) is 12.9 Å². The molecule has 0 fully saturated rings. The Labute approximate surface area is 81.5 Å². The molecule has 0 aromatic carbocycles. The van der Waals surface area contributed by atoms with Crippen LogP contribution in [0, 0.1) is 11.8 Å². The maximum atomic E-state index is 5.87. The molecule has 0 saturated heterocycles. The Morgan fingerprint density at radius 3 is 3.17 bits per heavy atom. The normalized spacial score (nSPS) is 8.83. The van der Waals surface area contributed by atoms with Gasteiger partial charge in [-0.05, 0) is 19.1 Å². The molecule has 0 amide bonds. The number of hydrogen-bond acceptors (Lipinski definition) is 2. The lowest BCUT2D eigenvalue weighted by molar-refractivity contribution is 1.14. The van der Waals surface area contributed by atoms with Gasteiger partial charge in [-0.3, -0.25) is 0 Å². The van der Waals surface area contributed by atoms with E-state index in [9.17, 15) is 0 Å². The molecule has 0 aliphatic carbocycles. The summed E-state index contributed by atoms with van der Waals surface area (Å²) in [5.74, 6) is 6.50. The first kappa shape index (κ1) is 9.44. The van der Waals surface area contributed by atoms with Crippen molar-refractivity contribution in [3.63, 3.8) is 0 Å². The number of aromatic nitrogens is 1. The first-order valence-corrected chi connectivity index (χ1v) is 4.84. The van der Waals surface area contributed by atoms with Crippen LogP contribution in [0.3, 0.4) is 0 Å². The van der Waals surface area contributed by atoms with Crippen molar-refractivity contribution < 1.29 is 0 Å². The highest BCUT2D eigenvalue weighted by molar-refractivity contribution is 7.99. The predicted octanol–water partition coefficient (Wildman–Crippen LogP) is 2.85. The van der Waals surface area contributed by atoms with Gasteiger partial charge >= 0.3 is 0 Å². The molecule has 1 rings (SSSR count). The lowest BCUT2D eigenvalue weighted by Gasteiger charge is -1.97. The van der Waals surface area contributed by atoms with Crippen LogP contribution in [0.1, 0.15) is 6.92 Å². The van der Waals surface area contributed by atoms with E-state index in [0.29, 0.717) is 5.02 Å². The van der Waals surface area contributed by atoms with E-state index in [0.717, 1.165) is 10.8 Å². The van der Waals surface area contributed by atoms with E-state index >= 15 is 0 Å². The highest BCUT2D eigenvalue weighted by Crippen LogP contribution is 2.23. The number of rotatable bonds is 2. The van der Waals surface area contributed by atoms with Crippen molar-refractivity contribution >= 4 is 23.4 Å². The Morgan fingerprint density at radius 2 is 2.50 bits per heavy atom. The SMILES string of the molecule is CC#CCSc1ncccc1Cl. The van der Waals surface area contributed by atoms with Gasteiger partial charge in [-0.2, -0.15) is 0 Å². The Hall–Kier alpha value is -0.650. The van der Waals surface area contributed by atoms with Crippen LogP contribution in [0.25, 0.3) is 0 Å². The number of nitrogens with zero attached hydrogens (tertiary/aromatic N) is 1. The molecule has 62 valence electrons. The molecule has 0 spiro atoms. The molecule has 0 N–H and O–H groups in total. The molecule has 0 aliphatic rings. The first-order valence-electron chi connectivity index (χ1n) is 3.47. The standard InChI is InChI=1S/C9H8ClNS/c1-2-3-7-12-9-8(10)5-4-6-11-9/h4-6H,7H2,1H3. The predicted molar refractivity (Wildman–Crippen MR) is 53.4 cm³/mol. The fraction of sp³-hybridized carbons (Fsp3) is 0.222. The van der Waals surface area contributed by atoms with Crippen LogP contribution >= 0.6 is 23.4 Å². The molecule has 0 bridgehead atoms. The quantitative estimate of drug-likeness (QED) is 0.534. The molecule has 1 aromatic rings. The summed E-state index contributed by atoms with van der Waals surface area (Å²) >= 11 is 7.43. The number of halogens is 1. The molecule has 3 heteroatoms. The van der Waals surface area contributed by atoms with Crippen molar-refractivity contribution in [3.8, 4) is 11.8 Å². The Morgan fingerprint density at radius 1 is 1.67 bits per heavy atom. The molecular weight excluding hydrogens is 190 g/mol. The summed E-state index contributed by atoms with van der Waals surface area (Å²) in [6.45, 7) is 1.82. The van der Waals surface area contributed by atoms with Crippen molar-refractivity contribution in [1.82, 2.24) is 4.98 Å². The van der Waals surface area contributed by atoms with Gasteiger partial charge in [0.1, 0.15) is 5.03 Å². The molecule has 0 atom stereocenters.